The summed E-state index contributed by atoms with van der Waals surface area (Å²) in [6.07, 6.45) is 2.97. The lowest BCUT2D eigenvalue weighted by atomic mass is 10.1. The van der Waals surface area contributed by atoms with Gasteiger partial charge in [0.25, 0.3) is 5.91 Å². The van der Waals surface area contributed by atoms with E-state index >= 15 is 0 Å². The van der Waals surface area contributed by atoms with Crippen molar-refractivity contribution in [3.8, 4) is 5.69 Å². The Morgan fingerprint density at radius 3 is 2.54 bits per heavy atom. The highest BCUT2D eigenvalue weighted by Crippen LogP contribution is 2.18. The standard InChI is InChI=1S/C17H14F2N4O/c1-11(15-7-4-13(18)8-16(15)19)22-17(24)12-2-5-14(6-3-12)23-10-20-9-21-23/h2-11H,1H3,(H,22,24). The first kappa shape index (κ1) is 15.8. The summed E-state index contributed by atoms with van der Waals surface area (Å²) in [5.74, 6) is -1.70. The summed E-state index contributed by atoms with van der Waals surface area (Å²) in [5, 5.41) is 6.69. The van der Waals surface area contributed by atoms with Crippen molar-refractivity contribution in [2.24, 2.45) is 0 Å². The molecule has 0 aliphatic heterocycles. The van der Waals surface area contributed by atoms with Crippen molar-refractivity contribution >= 4 is 5.91 Å². The van der Waals surface area contributed by atoms with Crippen LogP contribution in [0.5, 0.6) is 0 Å². The Bertz CT molecular complexity index is 848. The van der Waals surface area contributed by atoms with E-state index in [1.54, 1.807) is 42.2 Å². The monoisotopic (exact) mass is 328 g/mol. The van der Waals surface area contributed by atoms with E-state index < -0.39 is 17.7 Å². The molecule has 1 amide bonds. The third kappa shape index (κ3) is 3.29. The third-order valence-corrected chi connectivity index (χ3v) is 3.59. The predicted octanol–water partition coefficient (Wildman–Crippen LogP) is 3.04. The van der Waals surface area contributed by atoms with Gasteiger partial charge in [0.1, 0.15) is 24.3 Å². The molecule has 0 fully saturated rings. The second-order valence-electron chi connectivity index (χ2n) is 5.25. The lowest BCUT2D eigenvalue weighted by Crippen LogP contribution is -2.27. The van der Waals surface area contributed by atoms with Crippen LogP contribution in [0.2, 0.25) is 0 Å². The van der Waals surface area contributed by atoms with E-state index in [4.69, 9.17) is 0 Å². The minimum atomic E-state index is -0.690. The van der Waals surface area contributed by atoms with Gasteiger partial charge in [0.05, 0.1) is 11.7 Å². The first-order valence-electron chi connectivity index (χ1n) is 7.25. The van der Waals surface area contributed by atoms with Crippen molar-refractivity contribution in [3.05, 3.63) is 77.9 Å². The van der Waals surface area contributed by atoms with Crippen molar-refractivity contribution in [2.75, 3.05) is 0 Å². The molecule has 0 saturated heterocycles. The number of hydrogen-bond acceptors (Lipinski definition) is 3. The molecule has 3 rings (SSSR count). The molecule has 0 spiro atoms. The van der Waals surface area contributed by atoms with Gasteiger partial charge in [-0.05, 0) is 37.3 Å². The van der Waals surface area contributed by atoms with E-state index in [1.807, 2.05) is 0 Å². The van der Waals surface area contributed by atoms with E-state index in [0.717, 1.165) is 17.8 Å². The molecule has 1 N–H and O–H groups in total. The maximum Gasteiger partial charge on any atom is 0.251 e. The molecular weight excluding hydrogens is 314 g/mol. The lowest BCUT2D eigenvalue weighted by Gasteiger charge is -2.15. The summed E-state index contributed by atoms with van der Waals surface area (Å²) in [6.45, 7) is 1.64. The summed E-state index contributed by atoms with van der Waals surface area (Å²) < 4.78 is 28.3. The minimum Gasteiger partial charge on any atom is -0.345 e. The molecule has 1 aromatic heterocycles. The zero-order chi connectivity index (χ0) is 17.1. The van der Waals surface area contributed by atoms with Crippen LogP contribution in [0.4, 0.5) is 8.78 Å². The molecule has 0 saturated carbocycles. The van der Waals surface area contributed by atoms with Crippen LogP contribution in [0.25, 0.3) is 5.69 Å². The van der Waals surface area contributed by atoms with Gasteiger partial charge < -0.3 is 5.32 Å². The van der Waals surface area contributed by atoms with Crippen molar-refractivity contribution in [1.29, 1.82) is 0 Å². The Labute approximate surface area is 137 Å². The smallest absolute Gasteiger partial charge is 0.251 e. The number of benzene rings is 2. The number of carbonyl (C=O) groups is 1. The van der Waals surface area contributed by atoms with Crippen molar-refractivity contribution < 1.29 is 13.6 Å². The van der Waals surface area contributed by atoms with Gasteiger partial charge in [-0.3, -0.25) is 4.79 Å². The van der Waals surface area contributed by atoms with Crippen LogP contribution < -0.4 is 5.32 Å². The van der Waals surface area contributed by atoms with Gasteiger partial charge in [-0.15, -0.1) is 0 Å². The average molecular weight is 328 g/mol. The highest BCUT2D eigenvalue weighted by Gasteiger charge is 2.15. The second-order valence-corrected chi connectivity index (χ2v) is 5.25. The van der Waals surface area contributed by atoms with Crippen molar-refractivity contribution in [3.63, 3.8) is 0 Å². The molecule has 0 radical (unpaired) electrons. The Morgan fingerprint density at radius 1 is 1.17 bits per heavy atom. The fraction of sp³-hybridized carbons (Fsp3) is 0.118. The molecule has 0 aliphatic rings. The summed E-state index contributed by atoms with van der Waals surface area (Å²) >= 11 is 0. The zero-order valence-electron chi connectivity index (χ0n) is 12.8. The Kier molecular flexibility index (Phi) is 4.33. The van der Waals surface area contributed by atoms with Crippen LogP contribution in [0.1, 0.15) is 28.9 Å². The Balaban J connectivity index is 1.72. The van der Waals surface area contributed by atoms with Gasteiger partial charge >= 0.3 is 0 Å². The molecule has 2 aromatic carbocycles. The molecule has 0 aliphatic carbocycles. The number of rotatable bonds is 4. The van der Waals surface area contributed by atoms with Gasteiger partial charge in [0.15, 0.2) is 0 Å². The number of carbonyl (C=O) groups excluding carboxylic acids is 1. The largest absolute Gasteiger partial charge is 0.345 e. The van der Waals surface area contributed by atoms with Gasteiger partial charge in [0.2, 0.25) is 0 Å². The van der Waals surface area contributed by atoms with Crippen molar-refractivity contribution in [1.82, 2.24) is 20.1 Å². The van der Waals surface area contributed by atoms with Gasteiger partial charge in [-0.25, -0.2) is 18.4 Å². The fourth-order valence-corrected chi connectivity index (χ4v) is 2.32. The number of amides is 1. The maximum absolute atomic E-state index is 13.8. The van der Waals surface area contributed by atoms with E-state index in [0.29, 0.717) is 5.56 Å². The number of halogens is 2. The first-order valence-corrected chi connectivity index (χ1v) is 7.25. The number of nitrogens with one attached hydrogen (secondary N) is 1. The van der Waals surface area contributed by atoms with Crippen LogP contribution in [0.3, 0.4) is 0 Å². The fourth-order valence-electron chi connectivity index (χ4n) is 2.32. The quantitative estimate of drug-likeness (QED) is 0.801. The maximum atomic E-state index is 13.8. The summed E-state index contributed by atoms with van der Waals surface area (Å²) in [6, 6.07) is 9.43. The second kappa shape index (κ2) is 6.57. The average Bonchev–Trinajstić information content (AvgIpc) is 3.09. The number of nitrogens with zero attached hydrogens (tertiary/aromatic N) is 3. The molecule has 0 bridgehead atoms. The van der Waals surface area contributed by atoms with E-state index in [2.05, 4.69) is 15.4 Å². The molecule has 122 valence electrons. The highest BCUT2D eigenvalue weighted by molar-refractivity contribution is 5.94. The zero-order valence-corrected chi connectivity index (χ0v) is 12.8. The van der Waals surface area contributed by atoms with Crippen LogP contribution in [0.15, 0.2) is 55.1 Å². The Hall–Kier alpha value is -3.09. The van der Waals surface area contributed by atoms with Crippen LogP contribution in [0, 0.1) is 11.6 Å². The normalized spacial score (nSPS) is 12.0. The minimum absolute atomic E-state index is 0.226. The van der Waals surface area contributed by atoms with Gasteiger partial charge in [0, 0.05) is 17.2 Å². The predicted molar refractivity (Wildman–Crippen MR) is 83.6 cm³/mol. The first-order chi connectivity index (χ1) is 11.5. The molecule has 1 unspecified atom stereocenters. The molecular formula is C17H14F2N4O. The van der Waals surface area contributed by atoms with Crippen LogP contribution in [-0.4, -0.2) is 20.7 Å². The van der Waals surface area contributed by atoms with Crippen LogP contribution in [-0.2, 0) is 0 Å². The lowest BCUT2D eigenvalue weighted by molar-refractivity contribution is 0.0939. The van der Waals surface area contributed by atoms with Gasteiger partial charge in [-0.1, -0.05) is 6.07 Å². The molecule has 24 heavy (non-hydrogen) atoms. The molecule has 7 heteroatoms. The third-order valence-electron chi connectivity index (χ3n) is 3.59. The molecule has 1 atom stereocenters. The van der Waals surface area contributed by atoms with Gasteiger partial charge in [-0.2, -0.15) is 5.10 Å². The molecule has 1 heterocycles. The number of hydrogen-bond donors (Lipinski definition) is 1. The number of aromatic nitrogens is 3. The Morgan fingerprint density at radius 2 is 1.92 bits per heavy atom. The van der Waals surface area contributed by atoms with Crippen molar-refractivity contribution in [2.45, 2.75) is 13.0 Å². The topological polar surface area (TPSA) is 59.8 Å². The SMILES string of the molecule is CC(NC(=O)c1ccc(-n2cncn2)cc1)c1ccc(F)cc1F. The van der Waals surface area contributed by atoms with E-state index in [-0.39, 0.29) is 11.5 Å². The summed E-state index contributed by atoms with van der Waals surface area (Å²) in [4.78, 5) is 16.1. The molecule has 3 aromatic rings. The van der Waals surface area contributed by atoms with E-state index in [9.17, 15) is 13.6 Å². The van der Waals surface area contributed by atoms with E-state index in [1.165, 1.54) is 12.4 Å². The highest BCUT2D eigenvalue weighted by atomic mass is 19.1. The summed E-state index contributed by atoms with van der Waals surface area (Å²) in [5.41, 5.74) is 1.42. The van der Waals surface area contributed by atoms with Crippen LogP contribution >= 0.6 is 0 Å². The molecule has 5 nitrogen and oxygen atoms in total. The summed E-state index contributed by atoms with van der Waals surface area (Å²) in [7, 11) is 0.